The van der Waals surface area contributed by atoms with Crippen molar-refractivity contribution in [3.05, 3.63) is 29.3 Å². The Morgan fingerprint density at radius 1 is 1.32 bits per heavy atom. The zero-order valence-electron chi connectivity index (χ0n) is 11.5. The molecule has 0 atom stereocenters. The fraction of sp³-hybridized carbons (Fsp3) is 0.429. The maximum absolute atomic E-state index is 11.4. The smallest absolute Gasteiger partial charge is 0.336 e. The molecule has 5 heteroatoms. The first kappa shape index (κ1) is 15.0. The van der Waals surface area contributed by atoms with Crippen LogP contribution in [0.25, 0.3) is 0 Å². The first-order valence-corrected chi connectivity index (χ1v) is 6.09. The Bertz CT molecular complexity index is 469. The SMILES string of the molecule is Cc1c(OCCCC(=O)N(C)C)cccc1C(=O)O. The predicted octanol–water partition coefficient (Wildman–Crippen LogP) is 1.94. The number of ether oxygens (including phenoxy) is 1. The summed E-state index contributed by atoms with van der Waals surface area (Å²) in [5, 5.41) is 8.99. The molecule has 0 aliphatic rings. The van der Waals surface area contributed by atoms with Gasteiger partial charge in [-0.05, 0) is 25.5 Å². The molecule has 0 unspecified atom stereocenters. The summed E-state index contributed by atoms with van der Waals surface area (Å²) in [4.78, 5) is 23.9. The van der Waals surface area contributed by atoms with Crippen molar-refractivity contribution in [2.24, 2.45) is 0 Å². The Kier molecular flexibility index (Phi) is 5.36. The average molecular weight is 265 g/mol. The zero-order chi connectivity index (χ0) is 14.4. The summed E-state index contributed by atoms with van der Waals surface area (Å²) in [5.41, 5.74) is 0.843. The molecule has 104 valence electrons. The molecule has 1 aromatic carbocycles. The molecule has 0 fully saturated rings. The van der Waals surface area contributed by atoms with Crippen LogP contribution in [0.5, 0.6) is 5.75 Å². The van der Waals surface area contributed by atoms with Crippen LogP contribution in [0, 0.1) is 6.92 Å². The van der Waals surface area contributed by atoms with Crippen molar-refractivity contribution >= 4 is 11.9 Å². The van der Waals surface area contributed by atoms with E-state index in [1.807, 2.05) is 0 Å². The van der Waals surface area contributed by atoms with E-state index in [1.54, 1.807) is 39.2 Å². The van der Waals surface area contributed by atoms with Gasteiger partial charge >= 0.3 is 5.97 Å². The van der Waals surface area contributed by atoms with Gasteiger partial charge in [-0.2, -0.15) is 0 Å². The third kappa shape index (κ3) is 4.28. The number of hydrogen-bond acceptors (Lipinski definition) is 3. The second-order valence-electron chi connectivity index (χ2n) is 4.47. The number of nitrogens with zero attached hydrogens (tertiary/aromatic N) is 1. The topological polar surface area (TPSA) is 66.8 Å². The maximum atomic E-state index is 11.4. The lowest BCUT2D eigenvalue weighted by Crippen LogP contribution is -2.21. The van der Waals surface area contributed by atoms with Gasteiger partial charge in [-0.1, -0.05) is 6.07 Å². The molecule has 1 amide bonds. The van der Waals surface area contributed by atoms with Gasteiger partial charge in [-0.15, -0.1) is 0 Å². The molecule has 0 aromatic heterocycles. The summed E-state index contributed by atoms with van der Waals surface area (Å²) in [7, 11) is 3.42. The van der Waals surface area contributed by atoms with Gasteiger partial charge in [0.2, 0.25) is 5.91 Å². The number of carboxylic acid groups (broad SMARTS) is 1. The van der Waals surface area contributed by atoms with Crippen LogP contribution in [0.3, 0.4) is 0 Å². The van der Waals surface area contributed by atoms with Crippen LogP contribution in [-0.2, 0) is 4.79 Å². The molecule has 0 saturated heterocycles. The van der Waals surface area contributed by atoms with Crippen molar-refractivity contribution in [1.29, 1.82) is 0 Å². The number of hydrogen-bond donors (Lipinski definition) is 1. The Hall–Kier alpha value is -2.04. The summed E-state index contributed by atoms with van der Waals surface area (Å²) in [5.74, 6) is -0.359. The zero-order valence-corrected chi connectivity index (χ0v) is 11.5. The minimum Gasteiger partial charge on any atom is -0.493 e. The van der Waals surface area contributed by atoms with Gasteiger partial charge in [0, 0.05) is 26.1 Å². The van der Waals surface area contributed by atoms with Crippen LogP contribution >= 0.6 is 0 Å². The van der Waals surface area contributed by atoms with Crippen molar-refractivity contribution in [2.45, 2.75) is 19.8 Å². The van der Waals surface area contributed by atoms with E-state index in [9.17, 15) is 9.59 Å². The highest BCUT2D eigenvalue weighted by atomic mass is 16.5. The minimum absolute atomic E-state index is 0.0552. The summed E-state index contributed by atoms with van der Waals surface area (Å²) >= 11 is 0. The highest BCUT2D eigenvalue weighted by Crippen LogP contribution is 2.21. The Morgan fingerprint density at radius 2 is 2.00 bits per heavy atom. The molecule has 5 nitrogen and oxygen atoms in total. The third-order valence-electron chi connectivity index (χ3n) is 2.81. The quantitative estimate of drug-likeness (QED) is 0.798. The number of amides is 1. The number of benzene rings is 1. The molecule has 0 aliphatic carbocycles. The molecular weight excluding hydrogens is 246 g/mol. The summed E-state index contributed by atoms with van der Waals surface area (Å²) in [6.07, 6.45) is 1.03. The van der Waals surface area contributed by atoms with Gasteiger partial charge in [-0.25, -0.2) is 4.79 Å². The number of rotatable bonds is 6. The molecule has 19 heavy (non-hydrogen) atoms. The molecule has 0 radical (unpaired) electrons. The molecule has 1 rings (SSSR count). The van der Waals surface area contributed by atoms with E-state index in [-0.39, 0.29) is 11.5 Å². The number of aromatic carboxylic acids is 1. The van der Waals surface area contributed by atoms with Crippen molar-refractivity contribution in [3.8, 4) is 5.75 Å². The van der Waals surface area contributed by atoms with Gasteiger partial charge in [0.05, 0.1) is 12.2 Å². The maximum Gasteiger partial charge on any atom is 0.336 e. The molecule has 1 N–H and O–H groups in total. The Morgan fingerprint density at radius 3 is 2.58 bits per heavy atom. The van der Waals surface area contributed by atoms with Crippen LogP contribution in [0.15, 0.2) is 18.2 Å². The summed E-state index contributed by atoms with van der Waals surface area (Å²) < 4.78 is 5.52. The Labute approximate surface area is 112 Å². The number of carbonyl (C=O) groups is 2. The molecule has 0 spiro atoms. The standard InChI is InChI=1S/C14H19NO4/c1-10-11(14(17)18)6-4-7-12(10)19-9-5-8-13(16)15(2)3/h4,6-7H,5,8-9H2,1-3H3,(H,17,18). The van der Waals surface area contributed by atoms with Gasteiger partial charge in [0.25, 0.3) is 0 Å². The van der Waals surface area contributed by atoms with E-state index in [0.29, 0.717) is 30.8 Å². The second kappa shape index (κ2) is 6.78. The summed E-state index contributed by atoms with van der Waals surface area (Å²) in [6.45, 7) is 2.10. The van der Waals surface area contributed by atoms with Crippen molar-refractivity contribution in [1.82, 2.24) is 4.90 Å². The number of carbonyl (C=O) groups excluding carboxylic acids is 1. The van der Waals surface area contributed by atoms with Crippen LogP contribution in [0.2, 0.25) is 0 Å². The number of carboxylic acids is 1. The van der Waals surface area contributed by atoms with Crippen molar-refractivity contribution in [3.63, 3.8) is 0 Å². The molecule has 0 bridgehead atoms. The highest BCUT2D eigenvalue weighted by molar-refractivity contribution is 5.90. The Balaban J connectivity index is 2.53. The fourth-order valence-corrected chi connectivity index (χ4v) is 1.63. The largest absolute Gasteiger partial charge is 0.493 e. The molecular formula is C14H19NO4. The normalized spacial score (nSPS) is 10.1. The fourth-order valence-electron chi connectivity index (χ4n) is 1.63. The van der Waals surface area contributed by atoms with Gasteiger partial charge < -0.3 is 14.7 Å². The van der Waals surface area contributed by atoms with E-state index in [2.05, 4.69) is 0 Å². The lowest BCUT2D eigenvalue weighted by molar-refractivity contribution is -0.128. The molecule has 0 saturated carbocycles. The van der Waals surface area contributed by atoms with E-state index in [4.69, 9.17) is 9.84 Å². The van der Waals surface area contributed by atoms with Crippen LogP contribution in [0.4, 0.5) is 0 Å². The van der Waals surface area contributed by atoms with E-state index in [0.717, 1.165) is 0 Å². The van der Waals surface area contributed by atoms with Crippen molar-refractivity contribution < 1.29 is 19.4 Å². The first-order valence-electron chi connectivity index (χ1n) is 6.09. The highest BCUT2D eigenvalue weighted by Gasteiger charge is 2.11. The van der Waals surface area contributed by atoms with Crippen LogP contribution in [0.1, 0.15) is 28.8 Å². The van der Waals surface area contributed by atoms with Crippen LogP contribution < -0.4 is 4.74 Å². The molecule has 0 aliphatic heterocycles. The van der Waals surface area contributed by atoms with E-state index < -0.39 is 5.97 Å². The average Bonchev–Trinajstić information content (AvgIpc) is 2.35. The second-order valence-corrected chi connectivity index (χ2v) is 4.47. The first-order chi connectivity index (χ1) is 8.93. The molecule has 1 aromatic rings. The third-order valence-corrected chi connectivity index (χ3v) is 2.81. The van der Waals surface area contributed by atoms with Crippen LogP contribution in [-0.4, -0.2) is 42.6 Å². The lowest BCUT2D eigenvalue weighted by Gasteiger charge is -2.12. The molecule has 0 heterocycles. The lowest BCUT2D eigenvalue weighted by atomic mass is 10.1. The predicted molar refractivity (Wildman–Crippen MR) is 71.6 cm³/mol. The monoisotopic (exact) mass is 265 g/mol. The van der Waals surface area contributed by atoms with Gasteiger partial charge in [0.15, 0.2) is 0 Å². The van der Waals surface area contributed by atoms with Crippen molar-refractivity contribution in [2.75, 3.05) is 20.7 Å². The minimum atomic E-state index is -0.967. The van der Waals surface area contributed by atoms with E-state index >= 15 is 0 Å². The van der Waals surface area contributed by atoms with Gasteiger partial charge in [-0.3, -0.25) is 4.79 Å². The van der Waals surface area contributed by atoms with E-state index in [1.165, 1.54) is 4.90 Å². The van der Waals surface area contributed by atoms with Gasteiger partial charge in [0.1, 0.15) is 5.75 Å². The summed E-state index contributed by atoms with van der Waals surface area (Å²) in [6, 6.07) is 4.92.